The molecule has 0 radical (unpaired) electrons. The van der Waals surface area contributed by atoms with Crippen molar-refractivity contribution in [2.45, 2.75) is 26.3 Å². The van der Waals surface area contributed by atoms with Crippen molar-refractivity contribution in [2.75, 3.05) is 5.32 Å². The molecule has 0 heterocycles. The van der Waals surface area contributed by atoms with E-state index in [0.717, 1.165) is 0 Å². The van der Waals surface area contributed by atoms with Crippen molar-refractivity contribution in [1.82, 2.24) is 0 Å². The number of nitrogens with two attached hydrogens (primary N) is 1. The second kappa shape index (κ2) is 5.45. The highest BCUT2D eigenvalue weighted by molar-refractivity contribution is 5.96. The fourth-order valence-electron chi connectivity index (χ4n) is 1.35. The molecule has 1 rings (SSSR count). The molecule has 0 aromatic heterocycles. The van der Waals surface area contributed by atoms with Crippen LogP contribution in [0.2, 0.25) is 0 Å². The van der Waals surface area contributed by atoms with Crippen molar-refractivity contribution in [2.24, 2.45) is 5.73 Å². The number of hydrogen-bond acceptors (Lipinski definition) is 3. The lowest BCUT2D eigenvalue weighted by Crippen LogP contribution is -2.34. The minimum Gasteiger partial charge on any atom is -0.478 e. The molecule has 0 aliphatic carbocycles. The molecule has 92 valence electrons. The smallest absolute Gasteiger partial charge is 0.336 e. The van der Waals surface area contributed by atoms with Crippen molar-refractivity contribution >= 4 is 17.6 Å². The van der Waals surface area contributed by atoms with Crippen LogP contribution in [-0.2, 0) is 4.79 Å². The Balaban J connectivity index is 2.90. The van der Waals surface area contributed by atoms with Gasteiger partial charge >= 0.3 is 5.97 Å². The average molecular weight is 236 g/mol. The zero-order chi connectivity index (χ0) is 13.0. The van der Waals surface area contributed by atoms with Crippen molar-refractivity contribution < 1.29 is 14.7 Å². The second-order valence-corrected chi connectivity index (χ2v) is 3.84. The zero-order valence-corrected chi connectivity index (χ0v) is 9.86. The van der Waals surface area contributed by atoms with Crippen molar-refractivity contribution in [1.29, 1.82) is 0 Å². The molecule has 0 saturated carbocycles. The van der Waals surface area contributed by atoms with Gasteiger partial charge in [-0.25, -0.2) is 4.79 Å². The highest BCUT2D eigenvalue weighted by Crippen LogP contribution is 2.15. The molecule has 0 aliphatic heterocycles. The summed E-state index contributed by atoms with van der Waals surface area (Å²) in [7, 11) is 0. The first-order valence-corrected chi connectivity index (χ1v) is 5.36. The Hall–Kier alpha value is -1.88. The predicted octanol–water partition coefficient (Wildman–Crippen LogP) is 1.37. The maximum Gasteiger partial charge on any atom is 0.336 e. The molecule has 17 heavy (non-hydrogen) atoms. The third-order valence-corrected chi connectivity index (χ3v) is 2.51. The van der Waals surface area contributed by atoms with Crippen LogP contribution in [0.5, 0.6) is 0 Å². The van der Waals surface area contributed by atoms with Gasteiger partial charge in [-0.15, -0.1) is 0 Å². The van der Waals surface area contributed by atoms with E-state index in [-0.39, 0.29) is 11.5 Å². The Morgan fingerprint density at radius 3 is 2.65 bits per heavy atom. The Kier molecular flexibility index (Phi) is 4.23. The number of carbonyl (C=O) groups is 2. The SMILES string of the molecule is CC[C@H](N)C(=O)Nc1ccc(C)c(C(=O)O)c1. The molecule has 0 saturated heterocycles. The first-order valence-electron chi connectivity index (χ1n) is 5.36. The molecule has 0 unspecified atom stereocenters. The summed E-state index contributed by atoms with van der Waals surface area (Å²) in [5.74, 6) is -1.33. The fraction of sp³-hybridized carbons (Fsp3) is 0.333. The van der Waals surface area contributed by atoms with Crippen molar-refractivity contribution in [3.8, 4) is 0 Å². The molecular weight excluding hydrogens is 220 g/mol. The van der Waals surface area contributed by atoms with Gasteiger partial charge in [-0.2, -0.15) is 0 Å². The molecule has 1 aromatic rings. The molecule has 0 spiro atoms. The number of carbonyl (C=O) groups excluding carboxylic acids is 1. The summed E-state index contributed by atoms with van der Waals surface area (Å²) in [5.41, 5.74) is 6.83. The molecule has 4 N–H and O–H groups in total. The first-order chi connectivity index (χ1) is 7.95. The van der Waals surface area contributed by atoms with E-state index in [1.165, 1.54) is 6.07 Å². The van der Waals surface area contributed by atoms with Gasteiger partial charge in [0.25, 0.3) is 0 Å². The molecule has 0 aliphatic rings. The van der Waals surface area contributed by atoms with Gasteiger partial charge in [0.15, 0.2) is 0 Å². The van der Waals surface area contributed by atoms with E-state index in [1.54, 1.807) is 19.1 Å². The average Bonchev–Trinajstić information content (AvgIpc) is 2.30. The van der Waals surface area contributed by atoms with Crippen LogP contribution < -0.4 is 11.1 Å². The van der Waals surface area contributed by atoms with Crippen LogP contribution in [0.15, 0.2) is 18.2 Å². The van der Waals surface area contributed by atoms with Crippen LogP contribution >= 0.6 is 0 Å². The van der Waals surface area contributed by atoms with Crippen molar-refractivity contribution in [3.63, 3.8) is 0 Å². The van der Waals surface area contributed by atoms with Crippen LogP contribution in [0.25, 0.3) is 0 Å². The number of aromatic carboxylic acids is 1. The van der Waals surface area contributed by atoms with Crippen LogP contribution in [0.4, 0.5) is 5.69 Å². The maximum atomic E-state index is 11.5. The van der Waals surface area contributed by atoms with Crippen molar-refractivity contribution in [3.05, 3.63) is 29.3 Å². The lowest BCUT2D eigenvalue weighted by atomic mass is 10.1. The number of rotatable bonds is 4. The predicted molar refractivity (Wildman–Crippen MR) is 65.0 cm³/mol. The highest BCUT2D eigenvalue weighted by atomic mass is 16.4. The summed E-state index contributed by atoms with van der Waals surface area (Å²) in [6.07, 6.45) is 0.531. The van der Waals surface area contributed by atoms with E-state index in [1.807, 2.05) is 6.92 Å². The Morgan fingerprint density at radius 1 is 1.47 bits per heavy atom. The molecule has 1 atom stereocenters. The van der Waals surface area contributed by atoms with Gasteiger partial charge in [0.2, 0.25) is 5.91 Å². The normalized spacial score (nSPS) is 11.9. The zero-order valence-electron chi connectivity index (χ0n) is 9.86. The monoisotopic (exact) mass is 236 g/mol. The lowest BCUT2D eigenvalue weighted by Gasteiger charge is -2.11. The Bertz CT molecular complexity index is 443. The summed E-state index contributed by atoms with van der Waals surface area (Å²) >= 11 is 0. The molecule has 1 aromatic carbocycles. The van der Waals surface area contributed by atoms with E-state index < -0.39 is 12.0 Å². The van der Waals surface area contributed by atoms with Crippen LogP contribution in [0.3, 0.4) is 0 Å². The summed E-state index contributed by atoms with van der Waals surface area (Å²) < 4.78 is 0. The molecule has 0 fully saturated rings. The number of amides is 1. The molecule has 0 bridgehead atoms. The van der Waals surface area contributed by atoms with Gasteiger partial charge in [0, 0.05) is 5.69 Å². The summed E-state index contributed by atoms with van der Waals surface area (Å²) in [4.78, 5) is 22.4. The van der Waals surface area contributed by atoms with Gasteiger partial charge in [-0.3, -0.25) is 4.79 Å². The number of anilines is 1. The van der Waals surface area contributed by atoms with E-state index in [0.29, 0.717) is 17.7 Å². The number of benzene rings is 1. The van der Waals surface area contributed by atoms with E-state index in [9.17, 15) is 9.59 Å². The molecule has 1 amide bonds. The molecule has 5 heteroatoms. The fourth-order valence-corrected chi connectivity index (χ4v) is 1.35. The second-order valence-electron chi connectivity index (χ2n) is 3.84. The van der Waals surface area contributed by atoms with Gasteiger partial charge in [-0.05, 0) is 31.0 Å². The molecular formula is C12H16N2O3. The van der Waals surface area contributed by atoms with Gasteiger partial charge in [-0.1, -0.05) is 13.0 Å². The number of aryl methyl sites for hydroxylation is 1. The quantitative estimate of drug-likeness (QED) is 0.736. The number of carboxylic acids is 1. The number of hydrogen-bond donors (Lipinski definition) is 3. The van der Waals surface area contributed by atoms with Crippen LogP contribution in [-0.4, -0.2) is 23.0 Å². The minimum atomic E-state index is -1.02. The van der Waals surface area contributed by atoms with Crippen LogP contribution in [0.1, 0.15) is 29.3 Å². The Labute approximate surface area is 99.6 Å². The van der Waals surface area contributed by atoms with E-state index in [4.69, 9.17) is 10.8 Å². The van der Waals surface area contributed by atoms with Crippen LogP contribution in [0, 0.1) is 6.92 Å². The van der Waals surface area contributed by atoms with Gasteiger partial charge < -0.3 is 16.2 Å². The number of nitrogens with one attached hydrogen (secondary N) is 1. The third-order valence-electron chi connectivity index (χ3n) is 2.51. The topological polar surface area (TPSA) is 92.4 Å². The molecule has 5 nitrogen and oxygen atoms in total. The highest BCUT2D eigenvalue weighted by Gasteiger charge is 2.13. The maximum absolute atomic E-state index is 11.5. The first kappa shape index (κ1) is 13.2. The largest absolute Gasteiger partial charge is 0.478 e. The third kappa shape index (κ3) is 3.29. The van der Waals surface area contributed by atoms with E-state index in [2.05, 4.69) is 5.32 Å². The summed E-state index contributed by atoms with van der Waals surface area (Å²) in [6, 6.07) is 4.15. The van der Waals surface area contributed by atoms with E-state index >= 15 is 0 Å². The van der Waals surface area contributed by atoms with Gasteiger partial charge in [0.05, 0.1) is 11.6 Å². The number of carboxylic acid groups (broad SMARTS) is 1. The summed E-state index contributed by atoms with van der Waals surface area (Å²) in [5, 5.41) is 11.5. The summed E-state index contributed by atoms with van der Waals surface area (Å²) in [6.45, 7) is 3.51. The van der Waals surface area contributed by atoms with Gasteiger partial charge in [0.1, 0.15) is 0 Å². The Morgan fingerprint density at radius 2 is 2.12 bits per heavy atom. The minimum absolute atomic E-state index is 0.174. The standard InChI is InChI=1S/C12H16N2O3/c1-3-10(13)11(15)14-8-5-4-7(2)9(6-8)12(16)17/h4-6,10H,3,13H2,1-2H3,(H,14,15)(H,16,17)/t10-/m0/s1. The lowest BCUT2D eigenvalue weighted by molar-refractivity contribution is -0.117.